The average Bonchev–Trinajstić information content (AvgIpc) is 2.28. The molecule has 1 aromatic carbocycles. The fourth-order valence-electron chi connectivity index (χ4n) is 1.42. The normalized spacial score (nSPS) is 10.6. The highest BCUT2D eigenvalue weighted by Crippen LogP contribution is 2.21. The molecular formula is C12H18BrN3S. The molecule has 0 aliphatic carbocycles. The molecule has 1 aromatic rings. The molecule has 17 heavy (non-hydrogen) atoms. The average molecular weight is 316 g/mol. The van der Waals surface area contributed by atoms with Crippen LogP contribution in [0.15, 0.2) is 22.7 Å². The second-order valence-corrected chi connectivity index (χ2v) is 5.23. The lowest BCUT2D eigenvalue weighted by atomic mass is 10.2. The van der Waals surface area contributed by atoms with Crippen molar-refractivity contribution >= 4 is 38.8 Å². The Balaban J connectivity index is 2.68. The fraction of sp³-hybridized carbons (Fsp3) is 0.417. The van der Waals surface area contributed by atoms with Gasteiger partial charge in [-0.3, -0.25) is 0 Å². The standard InChI is InChI=1S/C12H18BrN3S/c1-3-16(2)7-6-15-11-8-9(13)4-5-10(11)12(14)17/h4-5,8,15H,3,6-7H2,1-2H3,(H2,14,17). The minimum atomic E-state index is 0.420. The SMILES string of the molecule is CCN(C)CCNc1cc(Br)ccc1C(N)=S. The highest BCUT2D eigenvalue weighted by atomic mass is 79.9. The van der Waals surface area contributed by atoms with Crippen molar-refractivity contribution in [3.05, 3.63) is 28.2 Å². The number of nitrogens with zero attached hydrogens (tertiary/aromatic N) is 1. The van der Waals surface area contributed by atoms with Gasteiger partial charge in [0.25, 0.3) is 0 Å². The van der Waals surface area contributed by atoms with Crippen molar-refractivity contribution in [2.45, 2.75) is 6.92 Å². The molecule has 3 nitrogen and oxygen atoms in total. The molecule has 0 unspecified atom stereocenters. The number of likely N-dealkylation sites (N-methyl/N-ethyl adjacent to an activating group) is 1. The first-order valence-electron chi connectivity index (χ1n) is 5.56. The van der Waals surface area contributed by atoms with Gasteiger partial charge in [-0.2, -0.15) is 0 Å². The maximum absolute atomic E-state index is 5.69. The quantitative estimate of drug-likeness (QED) is 0.791. The van der Waals surface area contributed by atoms with E-state index < -0.39 is 0 Å². The Morgan fingerprint density at radius 1 is 1.53 bits per heavy atom. The Hall–Kier alpha value is -0.650. The molecule has 5 heteroatoms. The van der Waals surface area contributed by atoms with E-state index >= 15 is 0 Å². The number of rotatable bonds is 6. The predicted molar refractivity (Wildman–Crippen MR) is 81.7 cm³/mol. The maximum atomic E-state index is 5.69. The molecular weight excluding hydrogens is 298 g/mol. The lowest BCUT2D eigenvalue weighted by Crippen LogP contribution is -2.25. The van der Waals surface area contributed by atoms with Crippen LogP contribution in [0, 0.1) is 0 Å². The van der Waals surface area contributed by atoms with Crippen LogP contribution in [-0.4, -0.2) is 36.6 Å². The minimum absolute atomic E-state index is 0.420. The van der Waals surface area contributed by atoms with Gasteiger partial charge in [0.15, 0.2) is 0 Å². The number of hydrogen-bond donors (Lipinski definition) is 2. The van der Waals surface area contributed by atoms with Crippen LogP contribution in [0.2, 0.25) is 0 Å². The van der Waals surface area contributed by atoms with Crippen LogP contribution in [0.25, 0.3) is 0 Å². The van der Waals surface area contributed by atoms with Gasteiger partial charge < -0.3 is 16.0 Å². The molecule has 3 N–H and O–H groups in total. The van der Waals surface area contributed by atoms with Gasteiger partial charge >= 0.3 is 0 Å². The highest BCUT2D eigenvalue weighted by Gasteiger charge is 2.05. The van der Waals surface area contributed by atoms with Gasteiger partial charge in [-0.05, 0) is 31.8 Å². The smallest absolute Gasteiger partial charge is 0.106 e. The molecule has 0 heterocycles. The summed E-state index contributed by atoms with van der Waals surface area (Å²) >= 11 is 8.48. The number of benzene rings is 1. The second kappa shape index (κ2) is 6.93. The largest absolute Gasteiger partial charge is 0.389 e. The van der Waals surface area contributed by atoms with Crippen molar-refractivity contribution in [1.29, 1.82) is 0 Å². The van der Waals surface area contributed by atoms with Crippen molar-refractivity contribution in [3.63, 3.8) is 0 Å². The Labute approximate surface area is 116 Å². The molecule has 1 rings (SSSR count). The number of nitrogens with one attached hydrogen (secondary N) is 1. The minimum Gasteiger partial charge on any atom is -0.389 e. The summed E-state index contributed by atoms with van der Waals surface area (Å²) < 4.78 is 1.02. The van der Waals surface area contributed by atoms with Crippen LogP contribution < -0.4 is 11.1 Å². The first kappa shape index (κ1) is 14.4. The van der Waals surface area contributed by atoms with Crippen LogP contribution in [0.1, 0.15) is 12.5 Å². The molecule has 0 aliphatic heterocycles. The maximum Gasteiger partial charge on any atom is 0.106 e. The fourth-order valence-corrected chi connectivity index (χ4v) is 1.96. The molecule has 0 fully saturated rings. The van der Waals surface area contributed by atoms with Crippen LogP contribution in [0.5, 0.6) is 0 Å². The Bertz CT molecular complexity index is 395. The Morgan fingerprint density at radius 3 is 2.82 bits per heavy atom. The van der Waals surface area contributed by atoms with E-state index in [1.165, 1.54) is 0 Å². The summed E-state index contributed by atoms with van der Waals surface area (Å²) in [6, 6.07) is 5.87. The Kier molecular flexibility index (Phi) is 5.88. The first-order chi connectivity index (χ1) is 8.04. The third-order valence-electron chi connectivity index (χ3n) is 2.60. The van der Waals surface area contributed by atoms with Crippen LogP contribution in [-0.2, 0) is 0 Å². The third-order valence-corrected chi connectivity index (χ3v) is 3.31. The van der Waals surface area contributed by atoms with Gasteiger partial charge in [0.2, 0.25) is 0 Å². The molecule has 0 bridgehead atoms. The molecule has 0 aromatic heterocycles. The zero-order valence-corrected chi connectivity index (χ0v) is 12.6. The van der Waals surface area contributed by atoms with Crippen LogP contribution >= 0.6 is 28.1 Å². The summed E-state index contributed by atoms with van der Waals surface area (Å²) in [5, 5.41) is 3.36. The van der Waals surface area contributed by atoms with Crippen molar-refractivity contribution in [2.24, 2.45) is 5.73 Å². The summed E-state index contributed by atoms with van der Waals surface area (Å²) in [7, 11) is 2.09. The van der Waals surface area contributed by atoms with E-state index in [1.807, 2.05) is 18.2 Å². The molecule has 0 radical (unpaired) electrons. The van der Waals surface area contributed by atoms with Gasteiger partial charge in [0, 0.05) is 28.8 Å². The van der Waals surface area contributed by atoms with Gasteiger partial charge in [0.05, 0.1) is 0 Å². The van der Waals surface area contributed by atoms with E-state index in [9.17, 15) is 0 Å². The summed E-state index contributed by atoms with van der Waals surface area (Å²) in [5.74, 6) is 0. The van der Waals surface area contributed by atoms with Gasteiger partial charge in [-0.25, -0.2) is 0 Å². The zero-order chi connectivity index (χ0) is 12.8. The molecule has 0 saturated carbocycles. The first-order valence-corrected chi connectivity index (χ1v) is 6.76. The second-order valence-electron chi connectivity index (χ2n) is 3.88. The predicted octanol–water partition coefficient (Wildman–Crippen LogP) is 2.45. The van der Waals surface area contributed by atoms with E-state index in [0.717, 1.165) is 35.4 Å². The van der Waals surface area contributed by atoms with E-state index in [1.54, 1.807) is 0 Å². The van der Waals surface area contributed by atoms with Crippen molar-refractivity contribution in [1.82, 2.24) is 4.90 Å². The van der Waals surface area contributed by atoms with E-state index in [2.05, 4.69) is 40.1 Å². The van der Waals surface area contributed by atoms with Gasteiger partial charge in [-0.1, -0.05) is 35.1 Å². The number of nitrogens with two attached hydrogens (primary N) is 1. The number of halogens is 1. The lowest BCUT2D eigenvalue weighted by Gasteiger charge is -2.16. The lowest BCUT2D eigenvalue weighted by molar-refractivity contribution is 0.367. The van der Waals surface area contributed by atoms with Crippen molar-refractivity contribution in [2.75, 3.05) is 32.0 Å². The molecule has 0 atom stereocenters. The van der Waals surface area contributed by atoms with Gasteiger partial charge in [-0.15, -0.1) is 0 Å². The summed E-state index contributed by atoms with van der Waals surface area (Å²) in [6.45, 7) is 5.04. The third kappa shape index (κ3) is 4.61. The van der Waals surface area contributed by atoms with E-state index in [0.29, 0.717) is 4.99 Å². The number of thiocarbonyl (C=S) groups is 1. The topological polar surface area (TPSA) is 41.3 Å². The molecule has 0 amide bonds. The molecule has 0 aliphatic rings. The van der Waals surface area contributed by atoms with Crippen molar-refractivity contribution in [3.8, 4) is 0 Å². The highest BCUT2D eigenvalue weighted by molar-refractivity contribution is 9.10. The number of anilines is 1. The summed E-state index contributed by atoms with van der Waals surface area (Å²) in [6.07, 6.45) is 0. The number of hydrogen-bond acceptors (Lipinski definition) is 3. The molecule has 0 saturated heterocycles. The van der Waals surface area contributed by atoms with Crippen LogP contribution in [0.4, 0.5) is 5.69 Å². The van der Waals surface area contributed by atoms with E-state index in [-0.39, 0.29) is 0 Å². The molecule has 0 spiro atoms. The molecule has 94 valence electrons. The Morgan fingerprint density at radius 2 is 2.24 bits per heavy atom. The summed E-state index contributed by atoms with van der Waals surface area (Å²) in [4.78, 5) is 2.66. The summed E-state index contributed by atoms with van der Waals surface area (Å²) in [5.41, 5.74) is 7.56. The van der Waals surface area contributed by atoms with Crippen LogP contribution in [0.3, 0.4) is 0 Å². The van der Waals surface area contributed by atoms with E-state index in [4.69, 9.17) is 18.0 Å². The monoisotopic (exact) mass is 315 g/mol. The van der Waals surface area contributed by atoms with Crippen molar-refractivity contribution < 1.29 is 0 Å². The van der Waals surface area contributed by atoms with Gasteiger partial charge in [0.1, 0.15) is 4.99 Å². The zero-order valence-electron chi connectivity index (χ0n) is 10.2.